The molecule has 39 heteroatoms. The lowest BCUT2D eigenvalue weighted by molar-refractivity contribution is -0.167. The van der Waals surface area contributed by atoms with Crippen LogP contribution in [0.4, 0.5) is 100.0 Å². The Morgan fingerprint density at radius 2 is 0.766 bits per heavy atom. The standard InChI is InChI=1S/C24H21F4N3O2.C23H21F4N3O3.C22H21ClF3N3O2.C20H18ClF4N3O3/c1-13(31-16-5-6-17(31)12-18(32)11-16)24(27,28)19-9-14(3-7-20(19)25)23(33)30-15-4-8-21(26)22(10-15)29-2;1-3-22(33)8-10-30(11-9-22)21(32)23(26,27)16-12-14(4-6-17(16)24)20(31)29-15-5-7-18(25)19(13-15)28-2;1-12(29-15-3-4-16(29)11-17(30)10-15)22(25,26)18-8-13(2-5-19(18)24)21(31)28-14-6-7-27-20(23)9-14;1-19(23)10-28(7-5-15(19)29)18(31)20(24,25)13-8-11(2-3-14(13)22)17(30)27-12-4-6-26-16(21)9-12/h3-4,7-10,16-18,32H,1,5-6,11-12H2,(H,30,33);4-7,12-13,33H,3,8-11H2,1H3,(H,29,31);2,5-9,15-17,30H,1,3-4,10-11H2,(H,27,28,31);2-4,6,8-9,15,29H,5,7,10H2,1H3,(H,26,27,30)/t16-,17+,18?;;15-,16+,17?;. The van der Waals surface area contributed by atoms with Crippen LogP contribution in [0.15, 0.2) is 170 Å². The van der Waals surface area contributed by atoms with Crippen molar-refractivity contribution in [2.45, 2.75) is 168 Å². The average Bonchev–Trinajstić information content (AvgIpc) is 1.65. The number of nitrogens with one attached hydrogen (secondary N) is 4. The Morgan fingerprint density at radius 1 is 0.461 bits per heavy atom. The molecule has 6 saturated heterocycles. The number of rotatable bonds is 19. The third-order valence-corrected chi connectivity index (χ3v) is 23.4. The minimum absolute atomic E-state index is 0.0397. The summed E-state index contributed by atoms with van der Waals surface area (Å²) in [5.74, 6) is -29.4. The number of benzene rings is 6. The van der Waals surface area contributed by atoms with Gasteiger partial charge in [0.15, 0.2) is 5.67 Å². The van der Waals surface area contributed by atoms with Crippen molar-refractivity contribution in [2.24, 2.45) is 0 Å². The largest absolute Gasteiger partial charge is 0.393 e. The second-order valence-electron chi connectivity index (χ2n) is 31.6. The molecule has 8 aromatic rings. The predicted molar refractivity (Wildman–Crippen MR) is 441 cm³/mol. The molecule has 6 fully saturated rings. The predicted octanol–water partition coefficient (Wildman–Crippen LogP) is 18.2. The second kappa shape index (κ2) is 39.2. The highest BCUT2D eigenvalue weighted by atomic mass is 35.5. The van der Waals surface area contributed by atoms with E-state index < -0.39 is 164 Å². The van der Waals surface area contributed by atoms with E-state index >= 15 is 17.6 Å². The van der Waals surface area contributed by atoms with Gasteiger partial charge in [-0.15, -0.1) is 0 Å². The Balaban J connectivity index is 0.000000165. The van der Waals surface area contributed by atoms with Crippen molar-refractivity contribution < 1.29 is 115 Å². The minimum Gasteiger partial charge on any atom is -0.393 e. The molecule has 6 aliphatic rings. The summed E-state index contributed by atoms with van der Waals surface area (Å²) < 4.78 is 220. The molecule has 6 amide bonds. The minimum atomic E-state index is -4.36. The van der Waals surface area contributed by atoms with E-state index in [9.17, 15) is 97.5 Å². The maximum atomic E-state index is 15.4. The number of aromatic nitrogens is 2. The summed E-state index contributed by atoms with van der Waals surface area (Å²) in [7, 11) is 0. The Bertz CT molecular complexity index is 5670. The molecule has 0 aliphatic carbocycles. The molecule has 4 bridgehead atoms. The van der Waals surface area contributed by atoms with Crippen molar-refractivity contribution in [1.82, 2.24) is 29.6 Å². The number of hydrogen-bond donors (Lipinski definition) is 8. The molecular formula is C89H81Cl2F15N12O10. The monoisotopic (exact) mass is 1830 g/mol. The first-order chi connectivity index (χ1) is 60.2. The SMILES string of the molecule is C=C(N1[C@@H]2CC[C@H]1CC(O)C2)C(F)(F)c1cc(C(=O)Nc2ccnc(Cl)c2)ccc1F.CC1(F)CN(C(=O)C(F)(F)c2cc(C(=O)Nc3ccnc(Cl)c3)ccc2F)CCC1O.[C-]#[N+]c1cc(NC(=O)c2ccc(F)c(C(F)(F)C(=C)N3[C@@H]4CC[C@H]3CC(O)C4)c2)ccc1F.[C-]#[N+]c1cc(NC(=O)c2ccc(F)c(C(F)(F)C(=O)N3CCC(O)(CC)CC3)c2)ccc1F. The van der Waals surface area contributed by atoms with Gasteiger partial charge >= 0.3 is 23.7 Å². The normalized spacial score (nSPS) is 20.5. The van der Waals surface area contributed by atoms with E-state index in [2.05, 4.69) is 54.1 Å². The highest BCUT2D eigenvalue weighted by Gasteiger charge is 2.54. The molecule has 8 N–H and O–H groups in total. The molecule has 676 valence electrons. The number of aliphatic hydroxyl groups is 4. The number of piperidine rings is 4. The van der Waals surface area contributed by atoms with Crippen LogP contribution in [0.3, 0.4) is 0 Å². The van der Waals surface area contributed by atoms with Gasteiger partial charge in [0.2, 0.25) is 11.4 Å². The Hall–Kier alpha value is -12.1. The number of fused-ring (bicyclic) bond motifs is 4. The highest BCUT2D eigenvalue weighted by Crippen LogP contribution is 2.49. The van der Waals surface area contributed by atoms with Gasteiger partial charge in [-0.05, 0) is 217 Å². The van der Waals surface area contributed by atoms with Crippen LogP contribution in [-0.2, 0) is 33.3 Å². The number of pyridine rings is 2. The molecule has 6 aliphatic heterocycles. The van der Waals surface area contributed by atoms with Crippen LogP contribution < -0.4 is 21.3 Å². The van der Waals surface area contributed by atoms with Gasteiger partial charge in [-0.3, -0.25) is 28.8 Å². The fourth-order valence-electron chi connectivity index (χ4n) is 16.0. The third-order valence-electron chi connectivity index (χ3n) is 23.0. The molecule has 14 rings (SSSR count). The summed E-state index contributed by atoms with van der Waals surface area (Å²) in [4.78, 5) is 92.9. The van der Waals surface area contributed by atoms with Gasteiger partial charge in [0.05, 0.1) is 77.2 Å². The average molecular weight is 1830 g/mol. The smallest absolute Gasteiger partial charge is 0.352 e. The van der Waals surface area contributed by atoms with Gasteiger partial charge in [0.1, 0.15) is 45.2 Å². The van der Waals surface area contributed by atoms with Crippen molar-refractivity contribution in [2.75, 3.05) is 47.4 Å². The molecule has 0 radical (unpaired) electrons. The lowest BCUT2D eigenvalue weighted by atomic mass is 9.88. The number of likely N-dealkylation sites (tertiary alicyclic amines) is 2. The van der Waals surface area contributed by atoms with E-state index in [1.54, 1.807) is 6.92 Å². The van der Waals surface area contributed by atoms with Crippen LogP contribution in [0.5, 0.6) is 0 Å². The van der Waals surface area contributed by atoms with Gasteiger partial charge < -0.3 is 61.3 Å². The number of nitrogens with zero attached hydrogens (tertiary/aromatic N) is 8. The third kappa shape index (κ3) is 21.6. The van der Waals surface area contributed by atoms with Crippen LogP contribution in [0.25, 0.3) is 9.69 Å². The van der Waals surface area contributed by atoms with Crippen molar-refractivity contribution in [1.29, 1.82) is 0 Å². The topological polar surface area (TPSA) is 279 Å². The van der Waals surface area contributed by atoms with E-state index in [4.69, 9.17) is 36.3 Å². The van der Waals surface area contributed by atoms with Crippen LogP contribution in [0, 0.1) is 48.0 Å². The summed E-state index contributed by atoms with van der Waals surface area (Å²) in [6.45, 7) is 22.5. The van der Waals surface area contributed by atoms with E-state index in [0.29, 0.717) is 92.6 Å². The maximum Gasteiger partial charge on any atom is 0.352 e. The van der Waals surface area contributed by atoms with Crippen LogP contribution >= 0.6 is 23.2 Å². The van der Waals surface area contributed by atoms with Gasteiger partial charge in [-0.1, -0.05) is 43.3 Å². The van der Waals surface area contributed by atoms with E-state index in [1.165, 1.54) is 58.6 Å². The van der Waals surface area contributed by atoms with Crippen LogP contribution in [-0.4, -0.2) is 165 Å². The molecule has 128 heavy (non-hydrogen) atoms. The molecule has 8 atom stereocenters. The van der Waals surface area contributed by atoms with E-state index in [0.717, 1.165) is 84.6 Å². The number of anilines is 4. The van der Waals surface area contributed by atoms with Crippen molar-refractivity contribution in [3.63, 3.8) is 0 Å². The summed E-state index contributed by atoms with van der Waals surface area (Å²) in [6.07, 6.45) is 4.74. The summed E-state index contributed by atoms with van der Waals surface area (Å²) in [5, 5.41) is 49.6. The van der Waals surface area contributed by atoms with Crippen molar-refractivity contribution >= 4 is 92.8 Å². The Labute approximate surface area is 732 Å². The molecule has 22 nitrogen and oxygen atoms in total. The van der Waals surface area contributed by atoms with Gasteiger partial charge in [0.25, 0.3) is 35.4 Å². The van der Waals surface area contributed by atoms with Gasteiger partial charge in [-0.25, -0.2) is 50.4 Å². The van der Waals surface area contributed by atoms with Gasteiger partial charge in [0, 0.05) is 101 Å². The summed E-state index contributed by atoms with van der Waals surface area (Å²) >= 11 is 11.5. The lowest BCUT2D eigenvalue weighted by Crippen LogP contribution is -2.56. The summed E-state index contributed by atoms with van der Waals surface area (Å²) in [5.41, 5.74) is -9.85. The van der Waals surface area contributed by atoms with Crippen molar-refractivity contribution in [3.05, 3.63) is 283 Å². The zero-order valence-corrected chi connectivity index (χ0v) is 69.4. The number of aliphatic hydroxyl groups excluding tert-OH is 3. The number of amides is 6. The molecule has 0 saturated carbocycles. The lowest BCUT2D eigenvalue weighted by Gasteiger charge is -2.42. The molecule has 2 aromatic heterocycles. The molecule has 4 unspecified atom stereocenters. The van der Waals surface area contributed by atoms with E-state index in [1.807, 2.05) is 0 Å². The number of carbonyl (C=O) groups is 6. The number of hydrogen-bond acceptors (Lipinski definition) is 14. The first-order valence-electron chi connectivity index (χ1n) is 39.7. The fraction of sp³-hybridized carbons (Fsp3) is 0.348. The zero-order chi connectivity index (χ0) is 93.6. The number of carbonyl (C=O) groups excluding carboxylic acids is 6. The number of halogens is 17. The molecule has 6 aromatic carbocycles. The quantitative estimate of drug-likeness (QED) is 0.0212. The Kier molecular flexibility index (Phi) is 29.6. The fourth-order valence-corrected chi connectivity index (χ4v) is 16.3. The van der Waals surface area contributed by atoms with Crippen LogP contribution in [0.1, 0.15) is 155 Å². The Morgan fingerprint density at radius 3 is 1.07 bits per heavy atom. The van der Waals surface area contributed by atoms with E-state index in [-0.39, 0.29) is 124 Å². The molecule has 8 heterocycles. The molecule has 0 spiro atoms. The first-order valence-corrected chi connectivity index (χ1v) is 40.5. The number of allylic oxidation sites excluding steroid dienone is 2. The first kappa shape index (κ1) is 96.5. The summed E-state index contributed by atoms with van der Waals surface area (Å²) in [6, 6.07) is 20.9. The van der Waals surface area contributed by atoms with Gasteiger partial charge in [-0.2, -0.15) is 35.1 Å². The highest BCUT2D eigenvalue weighted by molar-refractivity contribution is 6.30. The second-order valence-corrected chi connectivity index (χ2v) is 32.4. The molecular weight excluding hydrogens is 1750 g/mol. The number of alkyl halides is 9. The maximum absolute atomic E-state index is 15.4. The van der Waals surface area contributed by atoms with Crippen molar-refractivity contribution in [3.8, 4) is 0 Å². The van der Waals surface area contributed by atoms with Crippen LogP contribution in [0.2, 0.25) is 10.3 Å². The zero-order valence-electron chi connectivity index (χ0n) is 67.9.